The fourth-order valence-corrected chi connectivity index (χ4v) is 3.89. The molecule has 0 amide bonds. The number of nitrogens with two attached hydrogens (primary N) is 1. The van der Waals surface area contributed by atoms with Gasteiger partial charge < -0.3 is 10.3 Å². The van der Waals surface area contributed by atoms with Gasteiger partial charge in [-0.05, 0) is 6.92 Å². The van der Waals surface area contributed by atoms with Crippen LogP contribution in [0.4, 0.5) is 11.6 Å². The van der Waals surface area contributed by atoms with Gasteiger partial charge in [-0.3, -0.25) is 0 Å². The van der Waals surface area contributed by atoms with Crippen molar-refractivity contribution in [2.75, 3.05) is 28.4 Å². The first-order valence-corrected chi connectivity index (χ1v) is 8.78. The number of rotatable bonds is 2. The maximum Gasteiger partial charge on any atom is 0.154 e. The number of nitrogens with one attached hydrogen (secondary N) is 1. The lowest BCUT2D eigenvalue weighted by Gasteiger charge is -2.34. The molecular formula is C13H23N5O2S. The molecule has 1 aromatic rings. The van der Waals surface area contributed by atoms with Crippen molar-refractivity contribution in [1.29, 1.82) is 0 Å². The van der Waals surface area contributed by atoms with E-state index in [2.05, 4.69) is 15.4 Å². The second-order valence-electron chi connectivity index (χ2n) is 6.49. The molecular weight excluding hydrogens is 290 g/mol. The van der Waals surface area contributed by atoms with Crippen LogP contribution < -0.4 is 16.2 Å². The van der Waals surface area contributed by atoms with Crippen LogP contribution in [0.15, 0.2) is 6.07 Å². The van der Waals surface area contributed by atoms with Crippen LogP contribution in [-0.4, -0.2) is 42.5 Å². The molecule has 1 fully saturated rings. The molecule has 1 atom stereocenters. The number of nitrogens with zero attached hydrogens (tertiary/aromatic N) is 3. The average molecular weight is 313 g/mol. The molecule has 1 aliphatic rings. The maximum atomic E-state index is 11.7. The van der Waals surface area contributed by atoms with Gasteiger partial charge >= 0.3 is 0 Å². The van der Waals surface area contributed by atoms with Crippen molar-refractivity contribution in [2.24, 2.45) is 5.84 Å². The molecule has 7 nitrogen and oxygen atoms in total. The summed E-state index contributed by atoms with van der Waals surface area (Å²) in [4.78, 5) is 11.0. The molecule has 0 aromatic carbocycles. The Hall–Kier alpha value is -1.41. The van der Waals surface area contributed by atoms with E-state index in [-0.39, 0.29) is 23.0 Å². The molecule has 1 unspecified atom stereocenters. The highest BCUT2D eigenvalue weighted by molar-refractivity contribution is 7.91. The number of anilines is 2. The van der Waals surface area contributed by atoms with Crippen LogP contribution in [0, 0.1) is 0 Å². The monoisotopic (exact) mass is 313 g/mol. The summed E-state index contributed by atoms with van der Waals surface area (Å²) in [5.41, 5.74) is 2.34. The minimum atomic E-state index is -2.95. The Kier molecular flexibility index (Phi) is 4.12. The fourth-order valence-electron chi connectivity index (χ4n) is 2.33. The molecule has 2 rings (SSSR count). The Bertz CT molecular complexity index is 624. The van der Waals surface area contributed by atoms with Crippen LogP contribution in [0.1, 0.15) is 33.5 Å². The smallest absolute Gasteiger partial charge is 0.154 e. The van der Waals surface area contributed by atoms with Crippen molar-refractivity contribution in [1.82, 2.24) is 9.97 Å². The van der Waals surface area contributed by atoms with Gasteiger partial charge in [0.2, 0.25) is 0 Å². The average Bonchev–Trinajstić information content (AvgIpc) is 2.36. The fraction of sp³-hybridized carbons (Fsp3) is 0.692. The third-order valence-electron chi connectivity index (χ3n) is 3.50. The van der Waals surface area contributed by atoms with Crippen molar-refractivity contribution in [3.63, 3.8) is 0 Å². The molecule has 21 heavy (non-hydrogen) atoms. The lowest BCUT2D eigenvalue weighted by Crippen LogP contribution is -2.47. The summed E-state index contributed by atoms with van der Waals surface area (Å²) in [7, 11) is -2.95. The quantitative estimate of drug-likeness (QED) is 0.611. The van der Waals surface area contributed by atoms with Crippen LogP contribution in [0.2, 0.25) is 0 Å². The second kappa shape index (κ2) is 5.42. The Balaban J connectivity index is 2.40. The Morgan fingerprint density at radius 2 is 2.05 bits per heavy atom. The summed E-state index contributed by atoms with van der Waals surface area (Å²) in [6.45, 7) is 8.41. The van der Waals surface area contributed by atoms with Crippen molar-refractivity contribution in [3.8, 4) is 0 Å². The van der Waals surface area contributed by atoms with Crippen molar-refractivity contribution in [3.05, 3.63) is 11.9 Å². The molecule has 1 aliphatic heterocycles. The Labute approximate surface area is 125 Å². The zero-order valence-electron chi connectivity index (χ0n) is 12.9. The number of aromatic nitrogens is 2. The van der Waals surface area contributed by atoms with Crippen LogP contribution in [0.5, 0.6) is 0 Å². The van der Waals surface area contributed by atoms with E-state index in [1.807, 2.05) is 32.6 Å². The molecule has 1 aromatic heterocycles. The SMILES string of the molecule is CC1CS(=O)(=O)CCN1c1cc(NN)nc(C(C)(C)C)n1. The Morgan fingerprint density at radius 3 is 2.57 bits per heavy atom. The topological polar surface area (TPSA) is 101 Å². The standard InChI is InChI=1S/C13H23N5O2S/c1-9-8-21(19,20)6-5-18(9)11-7-10(17-14)15-12(16-11)13(2,3)4/h7,9H,5-6,8,14H2,1-4H3,(H,15,16,17). The summed E-state index contributed by atoms with van der Waals surface area (Å²) in [6, 6.07) is 1.64. The van der Waals surface area contributed by atoms with Crippen molar-refractivity contribution < 1.29 is 8.42 Å². The van der Waals surface area contributed by atoms with Crippen molar-refractivity contribution >= 4 is 21.5 Å². The summed E-state index contributed by atoms with van der Waals surface area (Å²) in [5, 5.41) is 0. The molecule has 2 heterocycles. The maximum absolute atomic E-state index is 11.7. The van der Waals surface area contributed by atoms with Gasteiger partial charge in [-0.15, -0.1) is 0 Å². The first kappa shape index (κ1) is 16.0. The van der Waals surface area contributed by atoms with E-state index in [1.165, 1.54) is 0 Å². The van der Waals surface area contributed by atoms with Crippen LogP contribution in [0.25, 0.3) is 0 Å². The highest BCUT2D eigenvalue weighted by Crippen LogP contribution is 2.26. The van der Waals surface area contributed by atoms with E-state index in [1.54, 1.807) is 6.07 Å². The molecule has 3 N–H and O–H groups in total. The summed E-state index contributed by atoms with van der Waals surface area (Å²) < 4.78 is 23.4. The van der Waals surface area contributed by atoms with E-state index >= 15 is 0 Å². The first-order chi connectivity index (χ1) is 9.62. The number of hydrogen-bond acceptors (Lipinski definition) is 7. The summed E-state index contributed by atoms with van der Waals surface area (Å²) in [5.74, 6) is 7.70. The van der Waals surface area contributed by atoms with Gasteiger partial charge in [-0.2, -0.15) is 0 Å². The lowest BCUT2D eigenvalue weighted by molar-refractivity contribution is 0.539. The van der Waals surface area contributed by atoms with Gasteiger partial charge in [-0.25, -0.2) is 24.2 Å². The minimum Gasteiger partial charge on any atom is -0.352 e. The van der Waals surface area contributed by atoms with E-state index in [9.17, 15) is 8.42 Å². The van der Waals surface area contributed by atoms with Gasteiger partial charge in [-0.1, -0.05) is 20.8 Å². The third-order valence-corrected chi connectivity index (χ3v) is 5.29. The molecule has 8 heteroatoms. The van der Waals surface area contributed by atoms with Gasteiger partial charge in [0.1, 0.15) is 17.5 Å². The highest BCUT2D eigenvalue weighted by atomic mass is 32.2. The van der Waals surface area contributed by atoms with E-state index in [0.29, 0.717) is 24.0 Å². The number of hydrogen-bond donors (Lipinski definition) is 2. The number of sulfone groups is 1. The van der Waals surface area contributed by atoms with E-state index < -0.39 is 9.84 Å². The zero-order chi connectivity index (χ0) is 15.8. The van der Waals surface area contributed by atoms with Gasteiger partial charge in [0.05, 0.1) is 11.5 Å². The molecule has 1 saturated heterocycles. The van der Waals surface area contributed by atoms with Crippen LogP contribution in [-0.2, 0) is 15.3 Å². The van der Waals surface area contributed by atoms with E-state index in [4.69, 9.17) is 5.84 Å². The zero-order valence-corrected chi connectivity index (χ0v) is 13.7. The second-order valence-corrected chi connectivity index (χ2v) is 8.71. The van der Waals surface area contributed by atoms with Gasteiger partial charge in [0.25, 0.3) is 0 Å². The molecule has 0 saturated carbocycles. The van der Waals surface area contributed by atoms with Gasteiger partial charge in [0.15, 0.2) is 9.84 Å². The molecule has 0 bridgehead atoms. The first-order valence-electron chi connectivity index (χ1n) is 6.95. The van der Waals surface area contributed by atoms with E-state index in [0.717, 1.165) is 0 Å². The molecule has 118 valence electrons. The van der Waals surface area contributed by atoms with Crippen LogP contribution >= 0.6 is 0 Å². The summed E-state index contributed by atoms with van der Waals surface area (Å²) in [6.07, 6.45) is 0. The molecule has 0 radical (unpaired) electrons. The Morgan fingerprint density at radius 1 is 1.38 bits per heavy atom. The number of nitrogen functional groups attached to an aromatic ring is 1. The predicted molar refractivity (Wildman–Crippen MR) is 84.0 cm³/mol. The largest absolute Gasteiger partial charge is 0.352 e. The number of hydrazine groups is 1. The minimum absolute atomic E-state index is 0.114. The lowest BCUT2D eigenvalue weighted by atomic mass is 9.96. The highest BCUT2D eigenvalue weighted by Gasteiger charge is 2.30. The molecule has 0 spiro atoms. The van der Waals surface area contributed by atoms with Crippen LogP contribution in [0.3, 0.4) is 0 Å². The normalized spacial score (nSPS) is 22.1. The predicted octanol–water partition coefficient (Wildman–Crippen LogP) is 0.683. The molecule has 0 aliphatic carbocycles. The third kappa shape index (κ3) is 3.62. The summed E-state index contributed by atoms with van der Waals surface area (Å²) >= 11 is 0. The van der Waals surface area contributed by atoms with Crippen molar-refractivity contribution in [2.45, 2.75) is 39.2 Å². The van der Waals surface area contributed by atoms with Gasteiger partial charge in [0, 0.05) is 24.1 Å².